The third-order valence-electron chi connectivity index (χ3n) is 1.62. The van der Waals surface area contributed by atoms with Crippen LogP contribution >= 0.6 is 11.6 Å². The van der Waals surface area contributed by atoms with Crippen molar-refractivity contribution >= 4 is 11.6 Å². The second kappa shape index (κ2) is 3.23. The zero-order chi connectivity index (χ0) is 9.30. The standard InChI is InChI=1S/C7H8ClF2N2/c1-4-5(7(9)10)2-3-12(11)6(4)8/h2-3,7H,11H2,1H3/q+1. The highest BCUT2D eigenvalue weighted by atomic mass is 35.5. The van der Waals surface area contributed by atoms with Crippen LogP contribution in [-0.2, 0) is 0 Å². The van der Waals surface area contributed by atoms with E-state index < -0.39 is 6.43 Å². The quantitative estimate of drug-likeness (QED) is 0.410. The minimum atomic E-state index is -2.51. The maximum Gasteiger partial charge on any atom is 0.306 e. The Kier molecular flexibility index (Phi) is 2.47. The van der Waals surface area contributed by atoms with Crippen molar-refractivity contribution in [1.29, 1.82) is 0 Å². The fraction of sp³-hybridized carbons (Fsp3) is 0.286. The van der Waals surface area contributed by atoms with Crippen molar-refractivity contribution in [2.24, 2.45) is 0 Å². The van der Waals surface area contributed by atoms with Crippen molar-refractivity contribution in [2.75, 3.05) is 5.84 Å². The molecule has 5 heteroatoms. The Bertz CT molecular complexity index is 302. The highest BCUT2D eigenvalue weighted by Gasteiger charge is 2.18. The van der Waals surface area contributed by atoms with Gasteiger partial charge in [-0.2, -0.15) is 0 Å². The van der Waals surface area contributed by atoms with Gasteiger partial charge in [-0.3, -0.25) is 0 Å². The molecule has 1 rings (SSSR count). The lowest BCUT2D eigenvalue weighted by molar-refractivity contribution is -0.637. The van der Waals surface area contributed by atoms with E-state index in [1.807, 2.05) is 0 Å². The van der Waals surface area contributed by atoms with Crippen LogP contribution in [0.5, 0.6) is 0 Å². The number of hydrogen-bond donors (Lipinski definition) is 1. The second-order valence-corrected chi connectivity index (χ2v) is 2.75. The van der Waals surface area contributed by atoms with Gasteiger partial charge in [0.1, 0.15) is 0 Å². The molecule has 0 aliphatic rings. The minimum absolute atomic E-state index is 0.0818. The lowest BCUT2D eigenvalue weighted by atomic mass is 10.2. The van der Waals surface area contributed by atoms with E-state index in [0.29, 0.717) is 5.56 Å². The average molecular weight is 194 g/mol. The third kappa shape index (κ3) is 1.48. The summed E-state index contributed by atoms with van der Waals surface area (Å²) in [5.74, 6) is 5.33. The number of halogens is 3. The molecule has 0 spiro atoms. The molecule has 0 saturated heterocycles. The smallest absolute Gasteiger partial charge is 0.205 e. The summed E-state index contributed by atoms with van der Waals surface area (Å²) in [5.41, 5.74) is 0.235. The van der Waals surface area contributed by atoms with E-state index in [4.69, 9.17) is 17.4 Å². The summed E-state index contributed by atoms with van der Waals surface area (Å²) in [7, 11) is 0. The Labute approximate surface area is 73.5 Å². The van der Waals surface area contributed by atoms with Crippen molar-refractivity contribution in [3.63, 3.8) is 0 Å². The van der Waals surface area contributed by atoms with E-state index in [2.05, 4.69) is 0 Å². The number of pyridine rings is 1. The van der Waals surface area contributed by atoms with Gasteiger partial charge in [0, 0.05) is 17.2 Å². The summed E-state index contributed by atoms with van der Waals surface area (Å²) < 4.78 is 25.6. The lowest BCUT2D eigenvalue weighted by Crippen LogP contribution is -2.45. The number of hydrogen-bond acceptors (Lipinski definition) is 1. The Balaban J connectivity index is 3.27. The van der Waals surface area contributed by atoms with Crippen LogP contribution in [0.15, 0.2) is 12.3 Å². The topological polar surface area (TPSA) is 29.9 Å². The van der Waals surface area contributed by atoms with Crippen LogP contribution in [0.25, 0.3) is 0 Å². The SMILES string of the molecule is Cc1c(C(F)F)cc[n+](N)c1Cl. The number of aromatic nitrogens is 1. The number of nitrogen functional groups attached to an aromatic ring is 1. The molecule has 1 heterocycles. The van der Waals surface area contributed by atoms with Crippen molar-refractivity contribution < 1.29 is 13.5 Å². The van der Waals surface area contributed by atoms with Crippen molar-refractivity contribution in [2.45, 2.75) is 13.3 Å². The van der Waals surface area contributed by atoms with E-state index in [1.54, 1.807) is 0 Å². The molecule has 0 aliphatic heterocycles. The van der Waals surface area contributed by atoms with Crippen LogP contribution in [0.1, 0.15) is 17.6 Å². The highest BCUT2D eigenvalue weighted by Crippen LogP contribution is 2.24. The second-order valence-electron chi connectivity index (χ2n) is 2.39. The molecule has 2 N–H and O–H groups in total. The van der Waals surface area contributed by atoms with Gasteiger partial charge in [-0.1, -0.05) is 4.68 Å². The summed E-state index contributed by atoms with van der Waals surface area (Å²) >= 11 is 5.63. The molecular weight excluding hydrogens is 186 g/mol. The Morgan fingerprint density at radius 1 is 1.58 bits per heavy atom. The predicted octanol–water partition coefficient (Wildman–Crippen LogP) is 1.59. The predicted molar refractivity (Wildman–Crippen MR) is 41.5 cm³/mol. The first-order chi connectivity index (χ1) is 5.54. The monoisotopic (exact) mass is 193 g/mol. The van der Waals surface area contributed by atoms with Gasteiger partial charge < -0.3 is 0 Å². The van der Waals surface area contributed by atoms with E-state index >= 15 is 0 Å². The van der Waals surface area contributed by atoms with Gasteiger partial charge in [-0.25, -0.2) is 14.6 Å². The van der Waals surface area contributed by atoms with Crippen LogP contribution in [0.4, 0.5) is 8.78 Å². The maximum atomic E-state index is 12.2. The molecule has 12 heavy (non-hydrogen) atoms. The molecule has 1 aromatic heterocycles. The molecule has 1 aromatic rings. The average Bonchev–Trinajstić information content (AvgIpc) is 2.00. The van der Waals surface area contributed by atoms with E-state index in [-0.39, 0.29) is 10.7 Å². The van der Waals surface area contributed by atoms with Gasteiger partial charge in [0.15, 0.2) is 0 Å². The van der Waals surface area contributed by atoms with Crippen LogP contribution in [0.3, 0.4) is 0 Å². The molecule has 0 fully saturated rings. The first-order valence-electron chi connectivity index (χ1n) is 3.28. The molecular formula is C7H8ClF2N2+. The molecule has 2 nitrogen and oxygen atoms in total. The highest BCUT2D eigenvalue weighted by molar-refractivity contribution is 6.29. The number of alkyl halides is 2. The fourth-order valence-corrected chi connectivity index (χ4v) is 1.07. The zero-order valence-electron chi connectivity index (χ0n) is 6.39. The van der Waals surface area contributed by atoms with Crippen LogP contribution in [-0.4, -0.2) is 0 Å². The van der Waals surface area contributed by atoms with Crippen molar-refractivity contribution in [3.8, 4) is 0 Å². The lowest BCUT2D eigenvalue weighted by Gasteiger charge is -2.02. The largest absolute Gasteiger partial charge is 0.306 e. The normalized spacial score (nSPS) is 10.8. The molecule has 0 aromatic carbocycles. The summed E-state index contributed by atoms with van der Waals surface area (Å²) in [4.78, 5) is 0. The molecule has 0 radical (unpaired) electrons. The number of nitrogens with zero attached hydrogens (tertiary/aromatic N) is 1. The third-order valence-corrected chi connectivity index (χ3v) is 2.10. The Hall–Kier alpha value is -0.900. The molecule has 0 amide bonds. The zero-order valence-corrected chi connectivity index (χ0v) is 7.15. The summed E-state index contributed by atoms with van der Waals surface area (Å²) in [5, 5.41) is 0.132. The Morgan fingerprint density at radius 2 is 2.17 bits per heavy atom. The number of nitrogens with two attached hydrogens (primary N) is 1. The van der Waals surface area contributed by atoms with Gasteiger partial charge in [-0.15, -0.1) is 0 Å². The minimum Gasteiger partial charge on any atom is -0.205 e. The molecule has 66 valence electrons. The molecule has 0 unspecified atom stereocenters. The van der Waals surface area contributed by atoms with Gasteiger partial charge in [0.25, 0.3) is 6.43 Å². The van der Waals surface area contributed by atoms with Gasteiger partial charge in [-0.05, 0) is 18.5 Å². The van der Waals surface area contributed by atoms with E-state index in [0.717, 1.165) is 4.68 Å². The summed E-state index contributed by atoms with van der Waals surface area (Å²) in [6.07, 6.45) is -1.21. The van der Waals surface area contributed by atoms with Crippen LogP contribution in [0.2, 0.25) is 5.15 Å². The first-order valence-corrected chi connectivity index (χ1v) is 3.65. The summed E-state index contributed by atoms with van der Waals surface area (Å²) in [6, 6.07) is 1.26. The van der Waals surface area contributed by atoms with E-state index in [9.17, 15) is 8.78 Å². The van der Waals surface area contributed by atoms with Crippen molar-refractivity contribution in [3.05, 3.63) is 28.5 Å². The molecule has 0 bridgehead atoms. The maximum absolute atomic E-state index is 12.2. The molecule has 0 atom stereocenters. The van der Waals surface area contributed by atoms with Crippen LogP contribution < -0.4 is 10.5 Å². The molecule has 0 saturated carbocycles. The Morgan fingerprint density at radius 3 is 2.67 bits per heavy atom. The van der Waals surface area contributed by atoms with E-state index in [1.165, 1.54) is 19.2 Å². The van der Waals surface area contributed by atoms with Gasteiger partial charge in [0.05, 0.1) is 0 Å². The summed E-state index contributed by atoms with van der Waals surface area (Å²) in [6.45, 7) is 1.51. The van der Waals surface area contributed by atoms with Crippen LogP contribution in [0, 0.1) is 6.92 Å². The molecule has 0 aliphatic carbocycles. The van der Waals surface area contributed by atoms with Gasteiger partial charge in [0.2, 0.25) is 6.20 Å². The van der Waals surface area contributed by atoms with Gasteiger partial charge >= 0.3 is 5.15 Å². The first kappa shape index (κ1) is 9.19. The fourth-order valence-electron chi connectivity index (χ4n) is 0.900. The number of rotatable bonds is 1. The van der Waals surface area contributed by atoms with Crippen molar-refractivity contribution in [1.82, 2.24) is 0 Å².